The Balaban J connectivity index is 1.60. The number of aryl methyl sites for hydroxylation is 1. The van der Waals surface area contributed by atoms with Crippen LogP contribution in [0, 0.1) is 6.92 Å². The van der Waals surface area contributed by atoms with Crippen LogP contribution in [0.1, 0.15) is 22.7 Å². The quantitative estimate of drug-likeness (QED) is 0.427. The van der Waals surface area contributed by atoms with Crippen molar-refractivity contribution in [2.45, 2.75) is 19.4 Å². The zero-order valence-electron chi connectivity index (χ0n) is 17.2. The molecule has 3 aromatic carbocycles. The van der Waals surface area contributed by atoms with Crippen molar-refractivity contribution < 1.29 is 4.79 Å². The molecule has 0 saturated carbocycles. The molecule has 1 fully saturated rings. The van der Waals surface area contributed by atoms with E-state index in [0.717, 1.165) is 22.4 Å². The van der Waals surface area contributed by atoms with Gasteiger partial charge in [-0.1, -0.05) is 76.8 Å². The molecule has 1 heterocycles. The summed E-state index contributed by atoms with van der Waals surface area (Å²) in [6, 6.07) is 21.4. The molecule has 1 aliphatic rings. The van der Waals surface area contributed by atoms with E-state index >= 15 is 0 Å². The molecule has 0 spiro atoms. The number of rotatable bonds is 4. The summed E-state index contributed by atoms with van der Waals surface area (Å²) in [4.78, 5) is 17.3. The fourth-order valence-electron chi connectivity index (χ4n) is 4.09. The van der Waals surface area contributed by atoms with Crippen LogP contribution in [0.15, 0.2) is 66.7 Å². The number of piperazine rings is 1. The van der Waals surface area contributed by atoms with E-state index in [1.165, 1.54) is 0 Å². The number of amides is 1. The Bertz CT molecular complexity index is 1080. The van der Waals surface area contributed by atoms with Crippen LogP contribution in [0.2, 0.25) is 15.1 Å². The number of hydrogen-bond acceptors (Lipinski definition) is 2. The predicted molar refractivity (Wildman–Crippen MR) is 129 cm³/mol. The maximum atomic E-state index is 13.1. The third kappa shape index (κ3) is 5.17. The average Bonchev–Trinajstić information content (AvgIpc) is 2.74. The number of hydrogen-bond donors (Lipinski definition) is 0. The van der Waals surface area contributed by atoms with Gasteiger partial charge in [-0.15, -0.1) is 0 Å². The third-order valence-corrected chi connectivity index (χ3v) is 6.43. The van der Waals surface area contributed by atoms with Crippen LogP contribution in [0.25, 0.3) is 0 Å². The smallest absolute Gasteiger partial charge is 0.227 e. The number of nitrogens with zero attached hydrogens (tertiary/aromatic N) is 2. The van der Waals surface area contributed by atoms with E-state index in [1.807, 2.05) is 66.4 Å². The van der Waals surface area contributed by atoms with E-state index in [-0.39, 0.29) is 11.9 Å². The molecule has 1 atom stereocenters. The molecule has 0 radical (unpaired) electrons. The second kappa shape index (κ2) is 9.52. The van der Waals surface area contributed by atoms with Crippen molar-refractivity contribution in [3.05, 3.63) is 98.5 Å². The van der Waals surface area contributed by atoms with E-state index in [2.05, 4.69) is 11.0 Å². The Morgan fingerprint density at radius 3 is 2.39 bits per heavy atom. The number of carbonyl (C=O) groups is 1. The van der Waals surface area contributed by atoms with E-state index in [9.17, 15) is 4.79 Å². The van der Waals surface area contributed by atoms with Gasteiger partial charge < -0.3 is 9.80 Å². The maximum absolute atomic E-state index is 13.1. The van der Waals surface area contributed by atoms with E-state index in [1.54, 1.807) is 6.07 Å². The first-order valence-corrected chi connectivity index (χ1v) is 11.3. The summed E-state index contributed by atoms with van der Waals surface area (Å²) in [5, 5.41) is 1.89. The van der Waals surface area contributed by atoms with E-state index < -0.39 is 0 Å². The molecule has 4 rings (SSSR count). The minimum Gasteiger partial charge on any atom is -0.360 e. The first-order chi connectivity index (χ1) is 14.9. The summed E-state index contributed by atoms with van der Waals surface area (Å²) in [7, 11) is 0. The van der Waals surface area contributed by atoms with Crippen LogP contribution in [0.3, 0.4) is 0 Å². The van der Waals surface area contributed by atoms with Crippen molar-refractivity contribution in [2.75, 3.05) is 24.5 Å². The van der Waals surface area contributed by atoms with Gasteiger partial charge in [0.2, 0.25) is 5.91 Å². The molecule has 1 saturated heterocycles. The van der Waals surface area contributed by atoms with Gasteiger partial charge >= 0.3 is 0 Å². The standard InChI is InChI=1S/C25H23Cl3N2O/c1-17-3-2-4-18(13-17)14-25(31)29-11-12-30(23-10-9-21(27)15-22(23)28)24(16-29)19-5-7-20(26)8-6-19/h2-10,13,15,24H,11-12,14,16H2,1H3. The normalized spacial score (nSPS) is 16.5. The van der Waals surface area contributed by atoms with Crippen LogP contribution in [0.5, 0.6) is 0 Å². The molecule has 31 heavy (non-hydrogen) atoms. The van der Waals surface area contributed by atoms with Gasteiger partial charge in [-0.25, -0.2) is 0 Å². The SMILES string of the molecule is Cc1cccc(CC(=O)N2CCN(c3ccc(Cl)cc3Cl)C(c3ccc(Cl)cc3)C2)c1. The van der Waals surface area contributed by atoms with Gasteiger partial charge in [0, 0.05) is 29.7 Å². The van der Waals surface area contributed by atoms with Gasteiger partial charge in [-0.05, 0) is 48.4 Å². The lowest BCUT2D eigenvalue weighted by Crippen LogP contribution is -2.51. The van der Waals surface area contributed by atoms with Crippen LogP contribution in [0.4, 0.5) is 5.69 Å². The highest BCUT2D eigenvalue weighted by molar-refractivity contribution is 6.36. The van der Waals surface area contributed by atoms with Crippen LogP contribution in [-0.2, 0) is 11.2 Å². The van der Waals surface area contributed by atoms with Crippen molar-refractivity contribution in [1.29, 1.82) is 0 Å². The van der Waals surface area contributed by atoms with Gasteiger partial charge in [-0.3, -0.25) is 4.79 Å². The predicted octanol–water partition coefficient (Wildman–Crippen LogP) is 6.59. The lowest BCUT2D eigenvalue weighted by atomic mass is 10.0. The van der Waals surface area contributed by atoms with Gasteiger partial charge in [0.25, 0.3) is 0 Å². The summed E-state index contributed by atoms with van der Waals surface area (Å²) in [5.41, 5.74) is 4.20. The fourth-order valence-corrected chi connectivity index (χ4v) is 4.73. The maximum Gasteiger partial charge on any atom is 0.227 e. The highest BCUT2D eigenvalue weighted by atomic mass is 35.5. The largest absolute Gasteiger partial charge is 0.360 e. The Hall–Kier alpha value is -2.20. The molecule has 1 amide bonds. The van der Waals surface area contributed by atoms with Gasteiger partial charge in [0.05, 0.1) is 23.2 Å². The summed E-state index contributed by atoms with van der Waals surface area (Å²) in [6.07, 6.45) is 0.400. The van der Waals surface area contributed by atoms with E-state index in [4.69, 9.17) is 34.8 Å². The van der Waals surface area contributed by atoms with Crippen molar-refractivity contribution in [1.82, 2.24) is 4.90 Å². The number of carbonyl (C=O) groups excluding carboxylic acids is 1. The minimum absolute atomic E-state index is 0.0360. The molecule has 1 unspecified atom stereocenters. The first kappa shape index (κ1) is 22.0. The molecule has 0 aromatic heterocycles. The first-order valence-electron chi connectivity index (χ1n) is 10.2. The molecule has 6 heteroatoms. The number of benzene rings is 3. The summed E-state index contributed by atoms with van der Waals surface area (Å²) < 4.78 is 0. The zero-order valence-corrected chi connectivity index (χ0v) is 19.5. The van der Waals surface area contributed by atoms with Crippen molar-refractivity contribution in [3.8, 4) is 0 Å². The molecule has 0 N–H and O–H groups in total. The molecular weight excluding hydrogens is 451 g/mol. The molecule has 0 bridgehead atoms. The Labute approximate surface area is 198 Å². The average molecular weight is 474 g/mol. The van der Waals surface area contributed by atoms with Crippen molar-refractivity contribution in [3.63, 3.8) is 0 Å². The molecular formula is C25H23Cl3N2O. The lowest BCUT2D eigenvalue weighted by Gasteiger charge is -2.43. The highest BCUT2D eigenvalue weighted by Gasteiger charge is 2.31. The van der Waals surface area contributed by atoms with Crippen molar-refractivity contribution >= 4 is 46.4 Å². The summed E-state index contributed by atoms with van der Waals surface area (Å²) in [6.45, 7) is 3.92. The highest BCUT2D eigenvalue weighted by Crippen LogP contribution is 2.37. The monoisotopic (exact) mass is 472 g/mol. The van der Waals surface area contributed by atoms with Crippen LogP contribution >= 0.6 is 34.8 Å². The van der Waals surface area contributed by atoms with Gasteiger partial charge in [0.1, 0.15) is 0 Å². The van der Waals surface area contributed by atoms with Gasteiger partial charge in [-0.2, -0.15) is 0 Å². The van der Waals surface area contributed by atoms with Crippen LogP contribution in [-0.4, -0.2) is 30.4 Å². The molecule has 160 valence electrons. The molecule has 3 aromatic rings. The topological polar surface area (TPSA) is 23.6 Å². The summed E-state index contributed by atoms with van der Waals surface area (Å²) >= 11 is 18.8. The second-order valence-corrected chi connectivity index (χ2v) is 9.14. The lowest BCUT2D eigenvalue weighted by molar-refractivity contribution is -0.131. The third-order valence-electron chi connectivity index (χ3n) is 5.64. The molecule has 0 aliphatic carbocycles. The minimum atomic E-state index is -0.0360. The molecule has 3 nitrogen and oxygen atoms in total. The van der Waals surface area contributed by atoms with Crippen LogP contribution < -0.4 is 4.90 Å². The van der Waals surface area contributed by atoms with E-state index in [0.29, 0.717) is 41.1 Å². The molecule has 1 aliphatic heterocycles. The summed E-state index contributed by atoms with van der Waals surface area (Å²) in [5.74, 6) is 0.131. The zero-order chi connectivity index (χ0) is 22.0. The van der Waals surface area contributed by atoms with Gasteiger partial charge in [0.15, 0.2) is 0 Å². The Morgan fingerprint density at radius 2 is 1.68 bits per heavy atom. The number of halogens is 3. The number of anilines is 1. The Morgan fingerprint density at radius 1 is 0.935 bits per heavy atom. The second-order valence-electron chi connectivity index (χ2n) is 7.86. The fraction of sp³-hybridized carbons (Fsp3) is 0.240. The van der Waals surface area contributed by atoms with Crippen molar-refractivity contribution in [2.24, 2.45) is 0 Å². The Kier molecular flexibility index (Phi) is 6.76.